The van der Waals surface area contributed by atoms with Crippen molar-refractivity contribution in [3.8, 4) is 0 Å². The van der Waals surface area contributed by atoms with E-state index in [-0.39, 0.29) is 23.6 Å². The number of aryl methyl sites for hydroxylation is 1. The molecule has 1 fully saturated rings. The van der Waals surface area contributed by atoms with Gasteiger partial charge in [0, 0.05) is 5.56 Å². The van der Waals surface area contributed by atoms with Crippen molar-refractivity contribution in [1.29, 1.82) is 0 Å². The Bertz CT molecular complexity index is 531. The van der Waals surface area contributed by atoms with E-state index in [4.69, 9.17) is 9.84 Å². The fraction of sp³-hybridized carbons (Fsp3) is 0.467. The van der Waals surface area contributed by atoms with E-state index in [9.17, 15) is 9.59 Å². The van der Waals surface area contributed by atoms with Crippen LogP contribution in [0.5, 0.6) is 0 Å². The van der Waals surface area contributed by atoms with Crippen LogP contribution in [0.25, 0.3) is 0 Å². The number of amides is 1. The number of ether oxygens (including phenoxy) is 1. The highest BCUT2D eigenvalue weighted by Gasteiger charge is 2.30. The quantitative estimate of drug-likeness (QED) is 0.897. The molecule has 0 spiro atoms. The normalized spacial score (nSPS) is 22.6. The standard InChI is InChI=1S/C15H19NO4/c1-9-4-12(6-13(5-9)15(18)19)14(17)16-10(2)7-20-8-11(16)3/h4-6,10-11H,7-8H2,1-3H3,(H,18,19). The van der Waals surface area contributed by atoms with Gasteiger partial charge in [0.1, 0.15) is 0 Å². The molecule has 0 bridgehead atoms. The number of aromatic carboxylic acids is 1. The van der Waals surface area contributed by atoms with Gasteiger partial charge in [0.05, 0.1) is 30.9 Å². The summed E-state index contributed by atoms with van der Waals surface area (Å²) in [7, 11) is 0. The summed E-state index contributed by atoms with van der Waals surface area (Å²) in [5.74, 6) is -1.16. The van der Waals surface area contributed by atoms with E-state index in [1.165, 1.54) is 6.07 Å². The Balaban J connectivity index is 2.35. The molecule has 0 radical (unpaired) electrons. The Labute approximate surface area is 118 Å². The lowest BCUT2D eigenvalue weighted by molar-refractivity contribution is -0.0249. The van der Waals surface area contributed by atoms with Crippen LogP contribution in [-0.4, -0.2) is 47.2 Å². The Morgan fingerprint density at radius 2 is 1.70 bits per heavy atom. The number of benzene rings is 1. The average Bonchev–Trinajstić information content (AvgIpc) is 2.37. The predicted octanol–water partition coefficient (Wildman–Crippen LogP) is 1.94. The van der Waals surface area contributed by atoms with Gasteiger partial charge < -0.3 is 14.7 Å². The highest BCUT2D eigenvalue weighted by Crippen LogP contribution is 2.19. The average molecular weight is 277 g/mol. The second kappa shape index (κ2) is 5.63. The molecule has 2 unspecified atom stereocenters. The third-order valence-electron chi connectivity index (χ3n) is 3.47. The molecule has 1 saturated heterocycles. The fourth-order valence-electron chi connectivity index (χ4n) is 2.58. The lowest BCUT2D eigenvalue weighted by Crippen LogP contribution is -2.52. The maximum atomic E-state index is 12.6. The maximum absolute atomic E-state index is 12.6. The SMILES string of the molecule is Cc1cc(C(=O)O)cc(C(=O)N2C(C)COCC2C)c1. The molecule has 2 rings (SSSR count). The summed E-state index contributed by atoms with van der Waals surface area (Å²) in [5, 5.41) is 9.08. The van der Waals surface area contributed by atoms with E-state index in [1.54, 1.807) is 24.0 Å². The second-order valence-corrected chi connectivity index (χ2v) is 5.34. The van der Waals surface area contributed by atoms with Gasteiger partial charge in [-0.25, -0.2) is 4.79 Å². The van der Waals surface area contributed by atoms with Crippen LogP contribution < -0.4 is 0 Å². The van der Waals surface area contributed by atoms with E-state index >= 15 is 0 Å². The van der Waals surface area contributed by atoms with Crippen LogP contribution >= 0.6 is 0 Å². The van der Waals surface area contributed by atoms with E-state index in [1.807, 2.05) is 13.8 Å². The zero-order valence-corrected chi connectivity index (χ0v) is 11.9. The molecule has 5 nitrogen and oxygen atoms in total. The van der Waals surface area contributed by atoms with Crippen LogP contribution in [0.15, 0.2) is 18.2 Å². The topological polar surface area (TPSA) is 66.8 Å². The monoisotopic (exact) mass is 277 g/mol. The second-order valence-electron chi connectivity index (χ2n) is 5.34. The maximum Gasteiger partial charge on any atom is 0.335 e. The fourth-order valence-corrected chi connectivity index (χ4v) is 2.58. The number of hydrogen-bond acceptors (Lipinski definition) is 3. The highest BCUT2D eigenvalue weighted by molar-refractivity contribution is 5.98. The Morgan fingerprint density at radius 3 is 2.25 bits per heavy atom. The molecular formula is C15H19NO4. The minimum atomic E-state index is -1.02. The van der Waals surface area contributed by atoms with Crippen LogP contribution in [0, 0.1) is 6.92 Å². The molecule has 1 aliphatic heterocycles. The van der Waals surface area contributed by atoms with Gasteiger partial charge in [-0.1, -0.05) is 0 Å². The number of carbonyl (C=O) groups excluding carboxylic acids is 1. The number of rotatable bonds is 2. The summed E-state index contributed by atoms with van der Waals surface area (Å²) >= 11 is 0. The molecule has 2 atom stereocenters. The molecule has 1 amide bonds. The van der Waals surface area contributed by atoms with Crippen LogP contribution in [0.2, 0.25) is 0 Å². The molecular weight excluding hydrogens is 258 g/mol. The predicted molar refractivity (Wildman–Crippen MR) is 74.1 cm³/mol. The smallest absolute Gasteiger partial charge is 0.335 e. The molecule has 20 heavy (non-hydrogen) atoms. The molecule has 5 heteroatoms. The van der Waals surface area contributed by atoms with Crippen LogP contribution in [-0.2, 0) is 4.74 Å². The van der Waals surface area contributed by atoms with Crippen molar-refractivity contribution in [1.82, 2.24) is 4.90 Å². The number of carboxylic acid groups (broad SMARTS) is 1. The van der Waals surface area contributed by atoms with Crippen molar-refractivity contribution in [2.45, 2.75) is 32.9 Å². The molecule has 108 valence electrons. The molecule has 0 aliphatic carbocycles. The van der Waals surface area contributed by atoms with Crippen LogP contribution in [0.3, 0.4) is 0 Å². The molecule has 1 N–H and O–H groups in total. The summed E-state index contributed by atoms with van der Waals surface area (Å²) < 4.78 is 5.41. The van der Waals surface area contributed by atoms with E-state index in [2.05, 4.69) is 0 Å². The Hall–Kier alpha value is -1.88. The van der Waals surface area contributed by atoms with Gasteiger partial charge in [-0.05, 0) is 44.5 Å². The lowest BCUT2D eigenvalue weighted by Gasteiger charge is -2.38. The Morgan fingerprint density at radius 1 is 1.15 bits per heavy atom. The summed E-state index contributed by atoms with van der Waals surface area (Å²) in [6, 6.07) is 4.70. The molecule has 1 aromatic rings. The molecule has 0 saturated carbocycles. The molecule has 0 aromatic heterocycles. The summed E-state index contributed by atoms with van der Waals surface area (Å²) in [5.41, 5.74) is 1.33. The van der Waals surface area contributed by atoms with E-state index in [0.717, 1.165) is 5.56 Å². The highest BCUT2D eigenvalue weighted by atomic mass is 16.5. The van der Waals surface area contributed by atoms with Crippen molar-refractivity contribution in [3.05, 3.63) is 34.9 Å². The first-order chi connectivity index (χ1) is 9.40. The third-order valence-corrected chi connectivity index (χ3v) is 3.47. The zero-order valence-electron chi connectivity index (χ0n) is 11.9. The van der Waals surface area contributed by atoms with Gasteiger partial charge >= 0.3 is 5.97 Å². The Kier molecular flexibility index (Phi) is 4.09. The van der Waals surface area contributed by atoms with Crippen molar-refractivity contribution in [2.75, 3.05) is 13.2 Å². The first-order valence-electron chi connectivity index (χ1n) is 6.65. The number of nitrogens with zero attached hydrogens (tertiary/aromatic N) is 1. The van der Waals surface area contributed by atoms with Gasteiger partial charge in [-0.2, -0.15) is 0 Å². The van der Waals surface area contributed by atoms with Gasteiger partial charge in [0.25, 0.3) is 5.91 Å². The molecule has 1 heterocycles. The largest absolute Gasteiger partial charge is 0.478 e. The first-order valence-corrected chi connectivity index (χ1v) is 6.65. The van der Waals surface area contributed by atoms with Crippen LogP contribution in [0.1, 0.15) is 40.1 Å². The van der Waals surface area contributed by atoms with Crippen molar-refractivity contribution in [3.63, 3.8) is 0 Å². The van der Waals surface area contributed by atoms with Gasteiger partial charge in [-0.15, -0.1) is 0 Å². The van der Waals surface area contributed by atoms with Gasteiger partial charge in [0.15, 0.2) is 0 Å². The van der Waals surface area contributed by atoms with Gasteiger partial charge in [0.2, 0.25) is 0 Å². The molecule has 1 aromatic carbocycles. The summed E-state index contributed by atoms with van der Waals surface area (Å²) in [6.45, 7) is 6.67. The van der Waals surface area contributed by atoms with Gasteiger partial charge in [-0.3, -0.25) is 4.79 Å². The number of carboxylic acids is 1. The number of hydrogen-bond donors (Lipinski definition) is 1. The summed E-state index contributed by atoms with van der Waals surface area (Å²) in [6.07, 6.45) is 0. The minimum absolute atomic E-state index is 0.0139. The molecule has 1 aliphatic rings. The van der Waals surface area contributed by atoms with E-state index < -0.39 is 5.97 Å². The first kappa shape index (κ1) is 14.5. The van der Waals surface area contributed by atoms with Crippen molar-refractivity contribution in [2.24, 2.45) is 0 Å². The minimum Gasteiger partial charge on any atom is -0.478 e. The van der Waals surface area contributed by atoms with Crippen molar-refractivity contribution < 1.29 is 19.4 Å². The van der Waals surface area contributed by atoms with E-state index in [0.29, 0.717) is 18.8 Å². The lowest BCUT2D eigenvalue weighted by atomic mass is 10.0. The number of morpholine rings is 1. The third kappa shape index (κ3) is 2.82. The van der Waals surface area contributed by atoms with Crippen LogP contribution in [0.4, 0.5) is 0 Å². The number of carbonyl (C=O) groups is 2. The zero-order chi connectivity index (χ0) is 14.9. The van der Waals surface area contributed by atoms with Crippen molar-refractivity contribution >= 4 is 11.9 Å². The summed E-state index contributed by atoms with van der Waals surface area (Å²) in [4.78, 5) is 25.5.